The largest absolute Gasteiger partial charge is 0.350 e. The summed E-state index contributed by atoms with van der Waals surface area (Å²) < 4.78 is 13.7. The summed E-state index contributed by atoms with van der Waals surface area (Å²) in [5.74, 6) is -0.319. The van der Waals surface area contributed by atoms with Gasteiger partial charge in [-0.05, 0) is 33.3 Å². The molecule has 0 radical (unpaired) electrons. The average molecular weight is 266 g/mol. The maximum absolute atomic E-state index is 13.7. The monoisotopic (exact) mass is 266 g/mol. The lowest BCUT2D eigenvalue weighted by atomic mass is 10.0. The van der Waals surface area contributed by atoms with Crippen LogP contribution < -0.4 is 10.6 Å². The average Bonchev–Trinajstić information content (AvgIpc) is 2.29. The summed E-state index contributed by atoms with van der Waals surface area (Å²) in [5.41, 5.74) is 0.354. The molecule has 19 heavy (non-hydrogen) atoms. The summed E-state index contributed by atoms with van der Waals surface area (Å²) in [7, 11) is 0. The Morgan fingerprint density at radius 3 is 2.47 bits per heavy atom. The lowest BCUT2D eigenvalue weighted by Crippen LogP contribution is -2.45. The van der Waals surface area contributed by atoms with E-state index in [1.54, 1.807) is 18.2 Å². The third-order valence-corrected chi connectivity index (χ3v) is 2.71. The zero-order chi connectivity index (χ0) is 14.5. The van der Waals surface area contributed by atoms with Crippen LogP contribution in [0.2, 0.25) is 0 Å². The second-order valence-electron chi connectivity index (χ2n) is 5.66. The standard InChI is InChI=1S/C15H23FN2O/c1-5-13(11-8-6-7-9-12(11)16)17-10-14(19)18-15(2,3)4/h6-9,13,17H,5,10H2,1-4H3,(H,18,19). The second-order valence-corrected chi connectivity index (χ2v) is 5.66. The maximum Gasteiger partial charge on any atom is 0.234 e. The van der Waals surface area contributed by atoms with Crippen LogP contribution in [-0.2, 0) is 4.79 Å². The van der Waals surface area contributed by atoms with E-state index in [1.807, 2.05) is 27.7 Å². The van der Waals surface area contributed by atoms with Gasteiger partial charge in [-0.25, -0.2) is 4.39 Å². The summed E-state index contributed by atoms with van der Waals surface area (Å²) in [4.78, 5) is 11.7. The first-order chi connectivity index (χ1) is 8.83. The Morgan fingerprint density at radius 1 is 1.32 bits per heavy atom. The minimum atomic E-state index is -0.252. The molecule has 1 amide bonds. The molecule has 1 aromatic carbocycles. The molecule has 1 unspecified atom stereocenters. The molecule has 0 aromatic heterocycles. The predicted octanol–water partition coefficient (Wildman–Crippen LogP) is 2.78. The van der Waals surface area contributed by atoms with E-state index >= 15 is 0 Å². The van der Waals surface area contributed by atoms with Gasteiger partial charge in [0.05, 0.1) is 6.54 Å². The minimum Gasteiger partial charge on any atom is -0.350 e. The number of rotatable bonds is 5. The summed E-state index contributed by atoms with van der Waals surface area (Å²) in [6.45, 7) is 7.94. The Kier molecular flexibility index (Phi) is 5.48. The van der Waals surface area contributed by atoms with E-state index in [9.17, 15) is 9.18 Å². The molecule has 0 aliphatic carbocycles. The van der Waals surface area contributed by atoms with Gasteiger partial charge in [-0.2, -0.15) is 0 Å². The highest BCUT2D eigenvalue weighted by molar-refractivity contribution is 5.78. The Morgan fingerprint density at radius 2 is 1.95 bits per heavy atom. The summed E-state index contributed by atoms with van der Waals surface area (Å²) in [6, 6.07) is 6.51. The van der Waals surface area contributed by atoms with Crippen LogP contribution in [0.25, 0.3) is 0 Å². The van der Waals surface area contributed by atoms with Gasteiger partial charge in [0.25, 0.3) is 0 Å². The molecule has 4 heteroatoms. The molecular weight excluding hydrogens is 243 g/mol. The van der Waals surface area contributed by atoms with Gasteiger partial charge in [0.15, 0.2) is 0 Å². The van der Waals surface area contributed by atoms with Gasteiger partial charge in [-0.1, -0.05) is 25.1 Å². The zero-order valence-electron chi connectivity index (χ0n) is 12.1. The Bertz CT molecular complexity index is 426. The van der Waals surface area contributed by atoms with E-state index < -0.39 is 0 Å². The van der Waals surface area contributed by atoms with Gasteiger partial charge in [-0.15, -0.1) is 0 Å². The van der Waals surface area contributed by atoms with Crippen LogP contribution in [0.4, 0.5) is 4.39 Å². The highest BCUT2D eigenvalue weighted by Crippen LogP contribution is 2.19. The zero-order valence-corrected chi connectivity index (χ0v) is 12.1. The fourth-order valence-electron chi connectivity index (χ4n) is 1.91. The van der Waals surface area contributed by atoms with E-state index in [4.69, 9.17) is 0 Å². The van der Waals surface area contributed by atoms with Crippen LogP contribution in [-0.4, -0.2) is 18.0 Å². The molecule has 0 spiro atoms. The molecule has 3 nitrogen and oxygen atoms in total. The first-order valence-electron chi connectivity index (χ1n) is 6.62. The number of carbonyl (C=O) groups is 1. The highest BCUT2D eigenvalue weighted by atomic mass is 19.1. The van der Waals surface area contributed by atoms with Crippen molar-refractivity contribution < 1.29 is 9.18 Å². The first-order valence-corrected chi connectivity index (χ1v) is 6.62. The van der Waals surface area contributed by atoms with Crippen LogP contribution in [0.15, 0.2) is 24.3 Å². The molecule has 106 valence electrons. The van der Waals surface area contributed by atoms with E-state index in [0.717, 1.165) is 6.42 Å². The first kappa shape index (κ1) is 15.6. The van der Waals surface area contributed by atoms with Crippen LogP contribution in [0.1, 0.15) is 45.7 Å². The molecule has 0 saturated heterocycles. The number of benzene rings is 1. The summed E-state index contributed by atoms with van der Waals surface area (Å²) >= 11 is 0. The third kappa shape index (κ3) is 5.39. The number of amides is 1. The fourth-order valence-corrected chi connectivity index (χ4v) is 1.91. The molecule has 0 aliphatic heterocycles. The molecule has 0 fully saturated rings. The topological polar surface area (TPSA) is 41.1 Å². The van der Waals surface area contributed by atoms with E-state index in [2.05, 4.69) is 10.6 Å². The molecule has 1 rings (SSSR count). The van der Waals surface area contributed by atoms with Crippen molar-refractivity contribution in [2.45, 2.75) is 45.7 Å². The van der Waals surface area contributed by atoms with Gasteiger partial charge < -0.3 is 10.6 Å². The number of carbonyl (C=O) groups excluding carboxylic acids is 1. The van der Waals surface area contributed by atoms with Crippen molar-refractivity contribution in [3.63, 3.8) is 0 Å². The molecule has 0 heterocycles. The molecule has 1 atom stereocenters. The van der Waals surface area contributed by atoms with Gasteiger partial charge in [-0.3, -0.25) is 4.79 Å². The predicted molar refractivity (Wildman–Crippen MR) is 75.3 cm³/mol. The number of hydrogen-bond acceptors (Lipinski definition) is 2. The van der Waals surface area contributed by atoms with Crippen molar-refractivity contribution >= 4 is 5.91 Å². The number of halogens is 1. The number of hydrogen-bond donors (Lipinski definition) is 2. The normalized spacial score (nSPS) is 13.1. The quantitative estimate of drug-likeness (QED) is 0.860. The highest BCUT2D eigenvalue weighted by Gasteiger charge is 2.17. The Balaban J connectivity index is 2.59. The van der Waals surface area contributed by atoms with Crippen molar-refractivity contribution in [3.05, 3.63) is 35.6 Å². The lowest BCUT2D eigenvalue weighted by Gasteiger charge is -2.22. The minimum absolute atomic E-state index is 0.0812. The van der Waals surface area contributed by atoms with Gasteiger partial charge in [0.1, 0.15) is 5.82 Å². The summed E-state index contributed by atoms with van der Waals surface area (Å²) in [5, 5.41) is 5.97. The van der Waals surface area contributed by atoms with Crippen LogP contribution in [0.3, 0.4) is 0 Å². The Labute approximate surface area is 114 Å². The fraction of sp³-hybridized carbons (Fsp3) is 0.533. The molecule has 0 bridgehead atoms. The molecular formula is C15H23FN2O. The van der Waals surface area contributed by atoms with Crippen molar-refractivity contribution in [2.24, 2.45) is 0 Å². The van der Waals surface area contributed by atoms with Crippen molar-refractivity contribution in [1.29, 1.82) is 0 Å². The smallest absolute Gasteiger partial charge is 0.234 e. The van der Waals surface area contributed by atoms with Crippen molar-refractivity contribution in [3.8, 4) is 0 Å². The molecule has 2 N–H and O–H groups in total. The van der Waals surface area contributed by atoms with Crippen molar-refractivity contribution in [2.75, 3.05) is 6.54 Å². The van der Waals surface area contributed by atoms with Crippen LogP contribution in [0, 0.1) is 5.82 Å². The molecule has 0 saturated carbocycles. The maximum atomic E-state index is 13.7. The van der Waals surface area contributed by atoms with Crippen LogP contribution >= 0.6 is 0 Å². The van der Waals surface area contributed by atoms with Gasteiger partial charge in [0, 0.05) is 17.1 Å². The van der Waals surface area contributed by atoms with Gasteiger partial charge >= 0.3 is 0 Å². The van der Waals surface area contributed by atoms with Crippen molar-refractivity contribution in [1.82, 2.24) is 10.6 Å². The third-order valence-electron chi connectivity index (χ3n) is 2.71. The van der Waals surface area contributed by atoms with E-state index in [-0.39, 0.29) is 29.8 Å². The lowest BCUT2D eigenvalue weighted by molar-refractivity contribution is -0.121. The Hall–Kier alpha value is -1.42. The SMILES string of the molecule is CCC(NCC(=O)NC(C)(C)C)c1ccccc1F. The summed E-state index contributed by atoms with van der Waals surface area (Å²) in [6.07, 6.45) is 0.726. The van der Waals surface area contributed by atoms with Crippen LogP contribution in [0.5, 0.6) is 0 Å². The van der Waals surface area contributed by atoms with E-state index in [1.165, 1.54) is 6.07 Å². The van der Waals surface area contributed by atoms with E-state index in [0.29, 0.717) is 5.56 Å². The van der Waals surface area contributed by atoms with Gasteiger partial charge in [0.2, 0.25) is 5.91 Å². The number of nitrogens with one attached hydrogen (secondary N) is 2. The molecule has 1 aromatic rings. The molecule has 0 aliphatic rings. The second kappa shape index (κ2) is 6.66.